The summed E-state index contributed by atoms with van der Waals surface area (Å²) in [5, 5.41) is 11.7. The molecule has 2 aromatic carbocycles. The van der Waals surface area contributed by atoms with Crippen LogP contribution in [0.2, 0.25) is 0 Å². The molecule has 1 unspecified atom stereocenters. The van der Waals surface area contributed by atoms with Crippen LogP contribution in [0.3, 0.4) is 0 Å². The molecule has 3 aromatic rings. The number of hydrogen-bond donors (Lipinski definition) is 1. The maximum absolute atomic E-state index is 12.3. The van der Waals surface area contributed by atoms with Gasteiger partial charge in [0.1, 0.15) is 12.1 Å². The molecule has 1 atom stereocenters. The Morgan fingerprint density at radius 2 is 1.93 bits per heavy atom. The minimum atomic E-state index is -0.0642. The molecule has 0 radical (unpaired) electrons. The summed E-state index contributed by atoms with van der Waals surface area (Å²) in [5.74, 6) is 0.984. The Hall–Kier alpha value is -2.32. The number of ether oxygens (including phenoxy) is 1. The highest BCUT2D eigenvalue weighted by atomic mass is 79.9. The van der Waals surface area contributed by atoms with Gasteiger partial charge >= 0.3 is 0 Å². The van der Waals surface area contributed by atoms with Crippen LogP contribution in [0.25, 0.3) is 5.69 Å². The summed E-state index contributed by atoms with van der Waals surface area (Å²) in [4.78, 5) is 12.3. The molecule has 0 aliphatic heterocycles. The van der Waals surface area contributed by atoms with Crippen LogP contribution in [-0.2, 0) is 4.79 Å². The highest BCUT2D eigenvalue weighted by Crippen LogP contribution is 2.22. The van der Waals surface area contributed by atoms with Crippen molar-refractivity contribution in [2.45, 2.75) is 18.1 Å². The van der Waals surface area contributed by atoms with Gasteiger partial charge in [-0.05, 0) is 48.9 Å². The van der Waals surface area contributed by atoms with Gasteiger partial charge in [0, 0.05) is 10.2 Å². The lowest BCUT2D eigenvalue weighted by atomic mass is 10.1. The van der Waals surface area contributed by atoms with Crippen LogP contribution in [0.1, 0.15) is 18.5 Å². The maximum atomic E-state index is 12.3. The van der Waals surface area contributed by atoms with Gasteiger partial charge < -0.3 is 10.1 Å². The van der Waals surface area contributed by atoms with Gasteiger partial charge in [-0.15, -0.1) is 10.2 Å². The first-order chi connectivity index (χ1) is 13.1. The number of nitrogens with one attached hydrogen (secondary N) is 1. The smallest absolute Gasteiger partial charge is 0.230 e. The first-order valence-electron chi connectivity index (χ1n) is 8.29. The maximum Gasteiger partial charge on any atom is 0.230 e. The summed E-state index contributed by atoms with van der Waals surface area (Å²) in [5.41, 5.74) is 1.96. The van der Waals surface area contributed by atoms with Crippen molar-refractivity contribution < 1.29 is 9.53 Å². The summed E-state index contributed by atoms with van der Waals surface area (Å²) in [6, 6.07) is 15.4. The number of nitrogens with zero attached hydrogens (tertiary/aromatic N) is 3. The molecule has 0 aliphatic rings. The summed E-state index contributed by atoms with van der Waals surface area (Å²) in [6.45, 7) is 1.96. The lowest BCUT2D eigenvalue weighted by molar-refractivity contribution is -0.119. The highest BCUT2D eigenvalue weighted by Gasteiger charge is 2.13. The number of hydrogen-bond acceptors (Lipinski definition) is 5. The Bertz CT molecular complexity index is 897. The van der Waals surface area contributed by atoms with E-state index in [0.29, 0.717) is 5.16 Å². The lowest BCUT2D eigenvalue weighted by Crippen LogP contribution is -2.28. The van der Waals surface area contributed by atoms with E-state index in [1.165, 1.54) is 11.8 Å². The average Bonchev–Trinajstić information content (AvgIpc) is 3.15. The first kappa shape index (κ1) is 19.4. The average molecular weight is 447 g/mol. The molecular formula is C19H19BrN4O2S. The van der Waals surface area contributed by atoms with E-state index in [4.69, 9.17) is 4.74 Å². The largest absolute Gasteiger partial charge is 0.497 e. The standard InChI is InChI=1S/C19H19BrN4O2S/c1-13(14-3-5-15(20)6-4-14)22-18(25)11-27-19-23-21-12-24(19)16-7-9-17(26-2)10-8-16/h3-10,12-13H,11H2,1-2H3,(H,22,25). The van der Waals surface area contributed by atoms with Gasteiger partial charge in [-0.25, -0.2) is 0 Å². The number of halogens is 1. The molecule has 0 aliphatic carbocycles. The van der Waals surface area contributed by atoms with E-state index in [1.807, 2.05) is 60.0 Å². The predicted octanol–water partition coefficient (Wildman–Crippen LogP) is 4.01. The number of carbonyl (C=O) groups excluding carboxylic acids is 1. The predicted molar refractivity (Wildman–Crippen MR) is 109 cm³/mol. The van der Waals surface area contributed by atoms with Gasteiger partial charge in [0.2, 0.25) is 5.91 Å². The summed E-state index contributed by atoms with van der Waals surface area (Å²) >= 11 is 4.76. The van der Waals surface area contributed by atoms with Crippen molar-refractivity contribution in [3.05, 3.63) is 64.9 Å². The Balaban J connectivity index is 1.59. The number of aromatic nitrogens is 3. The van der Waals surface area contributed by atoms with E-state index in [0.717, 1.165) is 21.5 Å². The normalized spacial score (nSPS) is 11.8. The Labute approximate surface area is 170 Å². The van der Waals surface area contributed by atoms with Crippen molar-refractivity contribution in [3.8, 4) is 11.4 Å². The molecule has 140 valence electrons. The zero-order valence-electron chi connectivity index (χ0n) is 14.9. The highest BCUT2D eigenvalue weighted by molar-refractivity contribution is 9.10. The Kier molecular flexibility index (Phi) is 6.52. The minimum Gasteiger partial charge on any atom is -0.497 e. The topological polar surface area (TPSA) is 69.0 Å². The molecule has 1 aromatic heterocycles. The molecule has 27 heavy (non-hydrogen) atoms. The van der Waals surface area contributed by atoms with Crippen LogP contribution in [0.15, 0.2) is 64.5 Å². The van der Waals surface area contributed by atoms with Crippen molar-refractivity contribution >= 4 is 33.6 Å². The molecule has 0 fully saturated rings. The van der Waals surface area contributed by atoms with Crippen molar-refractivity contribution in [3.63, 3.8) is 0 Å². The molecule has 3 rings (SSSR count). The molecule has 0 spiro atoms. The van der Waals surface area contributed by atoms with Crippen LogP contribution in [0.5, 0.6) is 5.75 Å². The van der Waals surface area contributed by atoms with E-state index in [2.05, 4.69) is 31.4 Å². The number of benzene rings is 2. The molecule has 0 saturated carbocycles. The molecule has 1 heterocycles. The van der Waals surface area contributed by atoms with E-state index in [1.54, 1.807) is 13.4 Å². The summed E-state index contributed by atoms with van der Waals surface area (Å²) < 4.78 is 8.03. The van der Waals surface area contributed by atoms with E-state index in [9.17, 15) is 4.79 Å². The van der Waals surface area contributed by atoms with Gasteiger partial charge in [-0.1, -0.05) is 39.8 Å². The first-order valence-corrected chi connectivity index (χ1v) is 10.1. The van der Waals surface area contributed by atoms with E-state index < -0.39 is 0 Å². The van der Waals surface area contributed by atoms with Crippen LogP contribution in [0.4, 0.5) is 0 Å². The molecular weight excluding hydrogens is 428 g/mol. The van der Waals surface area contributed by atoms with Crippen molar-refractivity contribution in [1.29, 1.82) is 0 Å². The van der Waals surface area contributed by atoms with Crippen LogP contribution >= 0.6 is 27.7 Å². The summed E-state index contributed by atoms with van der Waals surface area (Å²) in [7, 11) is 1.63. The molecule has 6 nitrogen and oxygen atoms in total. The van der Waals surface area contributed by atoms with Crippen LogP contribution < -0.4 is 10.1 Å². The number of carbonyl (C=O) groups is 1. The lowest BCUT2D eigenvalue weighted by Gasteiger charge is -2.14. The van der Waals surface area contributed by atoms with Gasteiger partial charge in [-0.2, -0.15) is 0 Å². The second-order valence-electron chi connectivity index (χ2n) is 5.81. The third-order valence-corrected chi connectivity index (χ3v) is 5.42. The molecule has 0 saturated heterocycles. The van der Waals surface area contributed by atoms with Crippen molar-refractivity contribution in [2.75, 3.05) is 12.9 Å². The van der Waals surface area contributed by atoms with Gasteiger partial charge in [-0.3, -0.25) is 9.36 Å². The zero-order valence-corrected chi connectivity index (χ0v) is 17.3. The third kappa shape index (κ3) is 5.11. The fourth-order valence-electron chi connectivity index (χ4n) is 2.49. The Morgan fingerprint density at radius 1 is 1.22 bits per heavy atom. The quantitative estimate of drug-likeness (QED) is 0.555. The second kappa shape index (κ2) is 9.05. The van der Waals surface area contributed by atoms with Gasteiger partial charge in [0.15, 0.2) is 5.16 Å². The monoisotopic (exact) mass is 446 g/mol. The van der Waals surface area contributed by atoms with E-state index >= 15 is 0 Å². The van der Waals surface area contributed by atoms with Gasteiger partial charge in [0.25, 0.3) is 0 Å². The molecule has 8 heteroatoms. The third-order valence-electron chi connectivity index (χ3n) is 3.95. The molecule has 1 amide bonds. The zero-order chi connectivity index (χ0) is 19.2. The van der Waals surface area contributed by atoms with E-state index in [-0.39, 0.29) is 17.7 Å². The number of thioether (sulfide) groups is 1. The molecule has 1 N–H and O–H groups in total. The minimum absolute atomic E-state index is 0.0558. The van der Waals surface area contributed by atoms with Crippen LogP contribution in [0, 0.1) is 0 Å². The SMILES string of the molecule is COc1ccc(-n2cnnc2SCC(=O)NC(C)c2ccc(Br)cc2)cc1. The second-order valence-corrected chi connectivity index (χ2v) is 7.67. The fourth-order valence-corrected chi connectivity index (χ4v) is 3.50. The van der Waals surface area contributed by atoms with Gasteiger partial charge in [0.05, 0.1) is 18.9 Å². The van der Waals surface area contributed by atoms with Crippen molar-refractivity contribution in [2.24, 2.45) is 0 Å². The number of rotatable bonds is 7. The molecule has 0 bridgehead atoms. The van der Waals surface area contributed by atoms with Crippen LogP contribution in [-0.4, -0.2) is 33.5 Å². The van der Waals surface area contributed by atoms with Crippen molar-refractivity contribution in [1.82, 2.24) is 20.1 Å². The summed E-state index contributed by atoms with van der Waals surface area (Å²) in [6.07, 6.45) is 1.63. The fraction of sp³-hybridized carbons (Fsp3) is 0.211. The Morgan fingerprint density at radius 3 is 2.59 bits per heavy atom. The number of methoxy groups -OCH3 is 1. The number of amides is 1.